The van der Waals surface area contributed by atoms with Crippen LogP contribution in [0.25, 0.3) is 16.9 Å². The lowest BCUT2D eigenvalue weighted by Gasteiger charge is -2.12. The molecule has 2 aromatic carbocycles. The van der Waals surface area contributed by atoms with Crippen LogP contribution in [0.3, 0.4) is 0 Å². The van der Waals surface area contributed by atoms with Gasteiger partial charge in [0, 0.05) is 43.3 Å². The van der Waals surface area contributed by atoms with Crippen molar-refractivity contribution in [3.8, 4) is 11.3 Å². The fourth-order valence-electron chi connectivity index (χ4n) is 2.88. The third-order valence-electron chi connectivity index (χ3n) is 4.37. The predicted molar refractivity (Wildman–Crippen MR) is 107 cm³/mol. The Hall–Kier alpha value is -3.74. The highest BCUT2D eigenvalue weighted by molar-refractivity contribution is 6.03. The summed E-state index contributed by atoms with van der Waals surface area (Å²) in [7, 11) is 3.91. The second kappa shape index (κ2) is 7.11. The van der Waals surface area contributed by atoms with Crippen molar-refractivity contribution in [1.29, 1.82) is 0 Å². The van der Waals surface area contributed by atoms with Gasteiger partial charge in [-0.1, -0.05) is 0 Å². The van der Waals surface area contributed by atoms with E-state index in [0.29, 0.717) is 11.3 Å². The summed E-state index contributed by atoms with van der Waals surface area (Å²) >= 11 is 0. The number of amides is 1. The smallest absolute Gasteiger partial charge is 0.276 e. The van der Waals surface area contributed by atoms with Crippen LogP contribution < -0.4 is 10.2 Å². The molecule has 0 saturated carbocycles. The first-order valence-corrected chi connectivity index (χ1v) is 8.71. The maximum atomic E-state index is 13.2. The standard InChI is InChI=1S/C21H18FN5O/c1-26(2)17-9-7-16(8-10-17)24-21(28)18-13-20-23-12-11-19(27(20)25-18)14-3-5-15(22)6-4-14/h3-13H,1-2H3,(H,24,28). The van der Waals surface area contributed by atoms with Crippen molar-refractivity contribution in [3.05, 3.63) is 78.4 Å². The quantitative estimate of drug-likeness (QED) is 0.588. The van der Waals surface area contributed by atoms with Crippen molar-refractivity contribution < 1.29 is 9.18 Å². The molecule has 0 saturated heterocycles. The Bertz CT molecular complexity index is 1130. The second-order valence-electron chi connectivity index (χ2n) is 6.53. The van der Waals surface area contributed by atoms with Gasteiger partial charge in [0.15, 0.2) is 11.3 Å². The van der Waals surface area contributed by atoms with Crippen LogP contribution >= 0.6 is 0 Å². The third kappa shape index (κ3) is 3.42. The Labute approximate surface area is 161 Å². The molecule has 6 nitrogen and oxygen atoms in total. The average molecular weight is 375 g/mol. The Morgan fingerprint density at radius 2 is 1.75 bits per heavy atom. The molecule has 0 aliphatic carbocycles. The Kier molecular flexibility index (Phi) is 4.49. The number of anilines is 2. The number of nitrogens with one attached hydrogen (secondary N) is 1. The van der Waals surface area contributed by atoms with Gasteiger partial charge >= 0.3 is 0 Å². The summed E-state index contributed by atoms with van der Waals surface area (Å²) in [5.74, 6) is -0.636. The molecule has 0 spiro atoms. The minimum Gasteiger partial charge on any atom is -0.378 e. The highest BCUT2D eigenvalue weighted by Gasteiger charge is 2.14. The van der Waals surface area contributed by atoms with Gasteiger partial charge in [-0.15, -0.1) is 0 Å². The molecule has 2 aromatic heterocycles. The van der Waals surface area contributed by atoms with E-state index in [4.69, 9.17) is 0 Å². The fraction of sp³-hybridized carbons (Fsp3) is 0.0952. The van der Waals surface area contributed by atoms with E-state index in [0.717, 1.165) is 16.9 Å². The molecule has 7 heteroatoms. The van der Waals surface area contributed by atoms with Crippen LogP contribution in [0, 0.1) is 5.82 Å². The van der Waals surface area contributed by atoms with Gasteiger partial charge in [-0.05, 0) is 54.6 Å². The Balaban J connectivity index is 1.63. The zero-order valence-corrected chi connectivity index (χ0v) is 15.4. The lowest BCUT2D eigenvalue weighted by molar-refractivity contribution is 0.102. The first-order chi connectivity index (χ1) is 13.5. The molecule has 0 aliphatic rings. The van der Waals surface area contributed by atoms with Gasteiger partial charge in [0.05, 0.1) is 5.69 Å². The highest BCUT2D eigenvalue weighted by Crippen LogP contribution is 2.21. The molecule has 0 aliphatic heterocycles. The molecule has 28 heavy (non-hydrogen) atoms. The van der Waals surface area contributed by atoms with E-state index in [-0.39, 0.29) is 17.4 Å². The SMILES string of the molecule is CN(C)c1ccc(NC(=O)c2cc3nccc(-c4ccc(F)cc4)n3n2)cc1. The van der Waals surface area contributed by atoms with Gasteiger partial charge < -0.3 is 10.2 Å². The summed E-state index contributed by atoms with van der Waals surface area (Å²) < 4.78 is 14.8. The van der Waals surface area contributed by atoms with Crippen LogP contribution in [0.15, 0.2) is 66.9 Å². The minimum atomic E-state index is -0.326. The molecule has 0 atom stereocenters. The molecule has 4 rings (SSSR count). The number of halogens is 1. The molecule has 140 valence electrons. The van der Waals surface area contributed by atoms with E-state index in [9.17, 15) is 9.18 Å². The Morgan fingerprint density at radius 3 is 2.43 bits per heavy atom. The predicted octanol–water partition coefficient (Wildman–Crippen LogP) is 3.85. The number of benzene rings is 2. The number of hydrogen-bond donors (Lipinski definition) is 1. The molecule has 2 heterocycles. The average Bonchev–Trinajstić information content (AvgIpc) is 3.14. The molecule has 0 unspecified atom stereocenters. The van der Waals surface area contributed by atoms with E-state index >= 15 is 0 Å². The van der Waals surface area contributed by atoms with Crippen LogP contribution in [0.2, 0.25) is 0 Å². The normalized spacial score (nSPS) is 10.8. The fourth-order valence-corrected chi connectivity index (χ4v) is 2.88. The summed E-state index contributed by atoms with van der Waals surface area (Å²) in [6, 6.07) is 17.0. The highest BCUT2D eigenvalue weighted by atomic mass is 19.1. The molecule has 4 aromatic rings. The van der Waals surface area contributed by atoms with Gasteiger partial charge in [-0.3, -0.25) is 4.79 Å². The maximum absolute atomic E-state index is 13.2. The number of carbonyl (C=O) groups is 1. The van der Waals surface area contributed by atoms with Crippen LogP contribution in [0.1, 0.15) is 10.5 Å². The lowest BCUT2D eigenvalue weighted by atomic mass is 10.1. The largest absolute Gasteiger partial charge is 0.378 e. The van der Waals surface area contributed by atoms with Gasteiger partial charge in [-0.25, -0.2) is 13.9 Å². The second-order valence-corrected chi connectivity index (χ2v) is 6.53. The van der Waals surface area contributed by atoms with Gasteiger partial charge in [0.2, 0.25) is 0 Å². The van der Waals surface area contributed by atoms with Crippen LogP contribution in [-0.2, 0) is 0 Å². The zero-order chi connectivity index (χ0) is 19.7. The van der Waals surface area contributed by atoms with E-state index in [1.165, 1.54) is 12.1 Å². The molecule has 0 fully saturated rings. The van der Waals surface area contributed by atoms with E-state index in [1.54, 1.807) is 35.0 Å². The first-order valence-electron chi connectivity index (χ1n) is 8.71. The topological polar surface area (TPSA) is 62.5 Å². The third-order valence-corrected chi connectivity index (χ3v) is 4.37. The van der Waals surface area contributed by atoms with Gasteiger partial charge in [0.1, 0.15) is 5.82 Å². The van der Waals surface area contributed by atoms with E-state index in [2.05, 4.69) is 15.4 Å². The Morgan fingerprint density at radius 1 is 1.04 bits per heavy atom. The van der Waals surface area contributed by atoms with E-state index < -0.39 is 0 Å². The van der Waals surface area contributed by atoms with E-state index in [1.807, 2.05) is 43.3 Å². The summed E-state index contributed by atoms with van der Waals surface area (Å²) in [6.07, 6.45) is 1.64. The summed E-state index contributed by atoms with van der Waals surface area (Å²) in [5.41, 5.74) is 4.01. The van der Waals surface area contributed by atoms with Crippen LogP contribution in [-0.4, -0.2) is 34.6 Å². The van der Waals surface area contributed by atoms with Crippen molar-refractivity contribution in [3.63, 3.8) is 0 Å². The van der Waals surface area contributed by atoms with Crippen LogP contribution in [0.4, 0.5) is 15.8 Å². The number of nitrogens with zero attached hydrogens (tertiary/aromatic N) is 4. The van der Waals surface area contributed by atoms with Crippen molar-refractivity contribution in [2.24, 2.45) is 0 Å². The van der Waals surface area contributed by atoms with Crippen LogP contribution in [0.5, 0.6) is 0 Å². The molecule has 0 bridgehead atoms. The van der Waals surface area contributed by atoms with Crippen molar-refractivity contribution in [1.82, 2.24) is 14.6 Å². The van der Waals surface area contributed by atoms with Gasteiger partial charge in [-0.2, -0.15) is 5.10 Å². The number of carbonyl (C=O) groups excluding carboxylic acids is 1. The van der Waals surface area contributed by atoms with Crippen molar-refractivity contribution in [2.75, 3.05) is 24.3 Å². The van der Waals surface area contributed by atoms with Crippen molar-refractivity contribution >= 4 is 22.9 Å². The number of hydrogen-bond acceptors (Lipinski definition) is 4. The lowest BCUT2D eigenvalue weighted by Crippen LogP contribution is -2.13. The summed E-state index contributed by atoms with van der Waals surface area (Å²) in [4.78, 5) is 18.9. The minimum absolute atomic E-state index is 0.249. The molecule has 1 amide bonds. The maximum Gasteiger partial charge on any atom is 0.276 e. The summed E-state index contributed by atoms with van der Waals surface area (Å²) in [5, 5.41) is 7.23. The van der Waals surface area contributed by atoms with Gasteiger partial charge in [0.25, 0.3) is 5.91 Å². The molecular weight excluding hydrogens is 357 g/mol. The number of fused-ring (bicyclic) bond motifs is 1. The molecule has 0 radical (unpaired) electrons. The zero-order valence-electron chi connectivity index (χ0n) is 15.4. The first kappa shape index (κ1) is 17.7. The molecular formula is C21H18FN5O. The summed E-state index contributed by atoms with van der Waals surface area (Å²) in [6.45, 7) is 0. The van der Waals surface area contributed by atoms with Crippen molar-refractivity contribution in [2.45, 2.75) is 0 Å². The molecule has 1 N–H and O–H groups in total. The number of aromatic nitrogens is 3. The number of rotatable bonds is 4. The monoisotopic (exact) mass is 375 g/mol.